The summed E-state index contributed by atoms with van der Waals surface area (Å²) in [6.07, 6.45) is 4.09. The van der Waals surface area contributed by atoms with E-state index in [0.29, 0.717) is 5.75 Å². The van der Waals surface area contributed by atoms with Crippen LogP contribution in [0.2, 0.25) is 0 Å². The Labute approximate surface area is 163 Å². The Bertz CT molecular complexity index is 685. The Balaban J connectivity index is 2.84. The van der Waals surface area contributed by atoms with Crippen molar-refractivity contribution in [2.24, 2.45) is 0 Å². The molecule has 0 unspecified atom stereocenters. The van der Waals surface area contributed by atoms with Crippen molar-refractivity contribution in [1.82, 2.24) is 4.57 Å². The summed E-state index contributed by atoms with van der Waals surface area (Å²) in [7, 11) is -1.83. The smallest absolute Gasteiger partial charge is 0.151 e. The van der Waals surface area contributed by atoms with Crippen molar-refractivity contribution in [2.75, 3.05) is 34.5 Å². The summed E-state index contributed by atoms with van der Waals surface area (Å²) >= 11 is 0. The standard InChI is InChI=1S/C22H37NOS2/c1-7-25(8-2,9-3)19-17-20(23-15-13-14-16-23)22(24)21(18-19)26(10-4,11-5)12-6/h13-18,24H,7-12H2,1-6H3. The third kappa shape index (κ3) is 3.55. The molecule has 2 aromatic rings. The fourth-order valence-corrected chi connectivity index (χ4v) is 10.1. The lowest BCUT2D eigenvalue weighted by atomic mass is 10.3. The van der Waals surface area contributed by atoms with Crippen LogP contribution in [-0.4, -0.2) is 44.2 Å². The van der Waals surface area contributed by atoms with E-state index in [0.717, 1.165) is 22.9 Å². The highest BCUT2D eigenvalue weighted by molar-refractivity contribution is 8.34. The van der Waals surface area contributed by atoms with Gasteiger partial charge in [0.2, 0.25) is 0 Å². The molecule has 0 saturated carbocycles. The van der Waals surface area contributed by atoms with Gasteiger partial charge >= 0.3 is 0 Å². The number of aromatic hydroxyl groups is 1. The van der Waals surface area contributed by atoms with Gasteiger partial charge in [-0.05, 0) is 63.7 Å². The van der Waals surface area contributed by atoms with Crippen LogP contribution in [0.5, 0.6) is 5.75 Å². The molecule has 0 bridgehead atoms. The second-order valence-corrected chi connectivity index (χ2v) is 15.3. The normalized spacial score (nSPS) is 13.8. The second-order valence-electron chi connectivity index (χ2n) is 6.70. The van der Waals surface area contributed by atoms with E-state index in [2.05, 4.69) is 58.2 Å². The number of rotatable bonds is 9. The predicted molar refractivity (Wildman–Crippen MR) is 122 cm³/mol. The summed E-state index contributed by atoms with van der Waals surface area (Å²) in [5, 5.41) is 11.3. The van der Waals surface area contributed by atoms with Gasteiger partial charge in [-0.3, -0.25) is 0 Å². The summed E-state index contributed by atoms with van der Waals surface area (Å²) in [6.45, 7) is 13.9. The molecular formula is C22H37NOS2. The topological polar surface area (TPSA) is 25.2 Å². The molecule has 1 aromatic carbocycles. The highest BCUT2D eigenvalue weighted by atomic mass is 32.3. The van der Waals surface area contributed by atoms with Crippen LogP contribution in [0.4, 0.5) is 0 Å². The van der Waals surface area contributed by atoms with Gasteiger partial charge in [0.15, 0.2) is 5.75 Å². The number of phenolic OH excluding ortho intramolecular Hbond substituents is 1. The quantitative estimate of drug-likeness (QED) is 0.506. The van der Waals surface area contributed by atoms with Gasteiger partial charge in [0.05, 0.1) is 5.69 Å². The van der Waals surface area contributed by atoms with E-state index in [1.807, 2.05) is 24.5 Å². The van der Waals surface area contributed by atoms with Crippen molar-refractivity contribution in [3.8, 4) is 11.4 Å². The maximum atomic E-state index is 11.3. The molecular weight excluding hydrogens is 358 g/mol. The van der Waals surface area contributed by atoms with Crippen molar-refractivity contribution in [1.29, 1.82) is 0 Å². The zero-order valence-corrected chi connectivity index (χ0v) is 19.1. The van der Waals surface area contributed by atoms with E-state index >= 15 is 0 Å². The summed E-state index contributed by atoms with van der Waals surface area (Å²) in [5.41, 5.74) is 0.960. The van der Waals surface area contributed by atoms with Crippen LogP contribution in [0.3, 0.4) is 0 Å². The predicted octanol–water partition coefficient (Wildman–Crippen LogP) is 6.63. The van der Waals surface area contributed by atoms with E-state index in [4.69, 9.17) is 0 Å². The molecule has 0 aliphatic heterocycles. The first-order valence-electron chi connectivity index (χ1n) is 10.0. The van der Waals surface area contributed by atoms with Gasteiger partial charge in [-0.25, -0.2) is 20.1 Å². The summed E-state index contributed by atoms with van der Waals surface area (Å²) in [4.78, 5) is 2.71. The van der Waals surface area contributed by atoms with Crippen LogP contribution in [0.25, 0.3) is 5.69 Å². The van der Waals surface area contributed by atoms with Gasteiger partial charge in [0.1, 0.15) is 0 Å². The van der Waals surface area contributed by atoms with Crippen molar-refractivity contribution in [2.45, 2.75) is 51.3 Å². The maximum absolute atomic E-state index is 11.3. The van der Waals surface area contributed by atoms with Crippen molar-refractivity contribution in [3.63, 3.8) is 0 Å². The van der Waals surface area contributed by atoms with Gasteiger partial charge in [-0.15, -0.1) is 0 Å². The fraction of sp³-hybridized carbons (Fsp3) is 0.545. The van der Waals surface area contributed by atoms with E-state index in [1.165, 1.54) is 27.0 Å². The lowest BCUT2D eigenvalue weighted by Gasteiger charge is -2.42. The van der Waals surface area contributed by atoms with Gasteiger partial charge in [-0.2, -0.15) is 0 Å². The molecule has 1 N–H and O–H groups in total. The van der Waals surface area contributed by atoms with Crippen LogP contribution in [-0.2, 0) is 0 Å². The van der Waals surface area contributed by atoms with Crippen LogP contribution in [0.1, 0.15) is 41.5 Å². The third-order valence-corrected chi connectivity index (χ3v) is 15.3. The largest absolute Gasteiger partial charge is 0.505 e. The van der Waals surface area contributed by atoms with Crippen LogP contribution in [0.15, 0.2) is 46.5 Å². The first kappa shape index (κ1) is 21.3. The molecule has 0 atom stereocenters. The van der Waals surface area contributed by atoms with Gasteiger partial charge in [-0.1, -0.05) is 41.5 Å². The maximum Gasteiger partial charge on any atom is 0.151 e. The molecule has 0 aliphatic carbocycles. The molecule has 148 valence electrons. The number of nitrogens with zero attached hydrogens (tertiary/aromatic N) is 1. The Morgan fingerprint density at radius 1 is 0.731 bits per heavy atom. The minimum absolute atomic E-state index is 0.502. The molecule has 2 rings (SSSR count). The summed E-state index contributed by atoms with van der Waals surface area (Å²) in [5.74, 6) is 7.53. The Kier molecular flexibility index (Phi) is 7.20. The average Bonchev–Trinajstić information content (AvgIpc) is 3.21. The molecule has 0 spiro atoms. The Morgan fingerprint density at radius 3 is 1.62 bits per heavy atom. The zero-order chi connectivity index (χ0) is 19.4. The number of phenols is 1. The number of hydrogen-bond donors (Lipinski definition) is 1. The molecule has 26 heavy (non-hydrogen) atoms. The van der Waals surface area contributed by atoms with Crippen LogP contribution < -0.4 is 0 Å². The molecule has 4 heteroatoms. The summed E-state index contributed by atoms with van der Waals surface area (Å²) < 4.78 is 2.08. The molecule has 2 nitrogen and oxygen atoms in total. The fourth-order valence-electron chi connectivity index (χ4n) is 4.03. The van der Waals surface area contributed by atoms with Crippen molar-refractivity contribution in [3.05, 3.63) is 36.7 Å². The molecule has 0 radical (unpaired) electrons. The Hall–Kier alpha value is -1.00. The first-order chi connectivity index (χ1) is 12.5. The van der Waals surface area contributed by atoms with Gasteiger partial charge < -0.3 is 9.67 Å². The lowest BCUT2D eigenvalue weighted by molar-refractivity contribution is 0.458. The first-order valence-corrected chi connectivity index (χ1v) is 14.3. The zero-order valence-electron chi connectivity index (χ0n) is 17.4. The SMILES string of the molecule is CCS(CC)(CC)c1cc(-n2cccc2)c(O)c(S(CC)(CC)CC)c1. The summed E-state index contributed by atoms with van der Waals surface area (Å²) in [6, 6.07) is 8.74. The molecule has 0 saturated heterocycles. The third-order valence-electron chi connectivity index (χ3n) is 6.19. The van der Waals surface area contributed by atoms with E-state index < -0.39 is 20.1 Å². The van der Waals surface area contributed by atoms with E-state index in [9.17, 15) is 5.11 Å². The van der Waals surface area contributed by atoms with Crippen molar-refractivity contribution >= 4 is 20.1 Å². The van der Waals surface area contributed by atoms with E-state index in [-0.39, 0.29) is 0 Å². The van der Waals surface area contributed by atoms with Crippen LogP contribution >= 0.6 is 20.1 Å². The molecule has 1 aromatic heterocycles. The molecule has 1 heterocycles. The van der Waals surface area contributed by atoms with E-state index in [1.54, 1.807) is 0 Å². The number of benzene rings is 1. The second kappa shape index (κ2) is 8.79. The molecule has 0 fully saturated rings. The number of aromatic nitrogens is 1. The molecule has 0 amide bonds. The average molecular weight is 396 g/mol. The monoisotopic (exact) mass is 395 g/mol. The lowest BCUT2D eigenvalue weighted by Crippen LogP contribution is -2.14. The Morgan fingerprint density at radius 2 is 1.19 bits per heavy atom. The highest BCUT2D eigenvalue weighted by Gasteiger charge is 2.30. The molecule has 0 aliphatic rings. The van der Waals surface area contributed by atoms with Gasteiger partial charge in [0.25, 0.3) is 0 Å². The minimum atomic E-state index is -0.991. The minimum Gasteiger partial charge on any atom is -0.505 e. The number of hydrogen-bond acceptors (Lipinski definition) is 1. The van der Waals surface area contributed by atoms with Gasteiger partial charge in [0, 0.05) is 17.3 Å². The highest BCUT2D eigenvalue weighted by Crippen LogP contribution is 2.63. The van der Waals surface area contributed by atoms with Crippen LogP contribution in [0, 0.1) is 0 Å². The van der Waals surface area contributed by atoms with Crippen molar-refractivity contribution < 1.29 is 5.11 Å².